The molecule has 0 spiro atoms. The van der Waals surface area contributed by atoms with Gasteiger partial charge in [-0.2, -0.15) is 0 Å². The standard InChI is InChI=1S/C16H32N4O/c1-14-5-3-7-20(13-14)16(21)19-8-4-6-18(9-10-19)12-15(2)11-17/h14-15H,3-13,17H2,1-2H3. The molecule has 2 aliphatic heterocycles. The molecule has 2 atom stereocenters. The quantitative estimate of drug-likeness (QED) is 0.857. The molecule has 2 heterocycles. The van der Waals surface area contributed by atoms with Gasteiger partial charge in [-0.25, -0.2) is 4.79 Å². The van der Waals surface area contributed by atoms with E-state index in [9.17, 15) is 4.79 Å². The first-order chi connectivity index (χ1) is 10.1. The molecule has 2 saturated heterocycles. The fraction of sp³-hybridized carbons (Fsp3) is 0.938. The smallest absolute Gasteiger partial charge is 0.320 e. The average Bonchev–Trinajstić information content (AvgIpc) is 2.72. The second-order valence-corrected chi connectivity index (χ2v) is 6.96. The van der Waals surface area contributed by atoms with Crippen LogP contribution in [0.4, 0.5) is 4.79 Å². The minimum Gasteiger partial charge on any atom is -0.330 e. The van der Waals surface area contributed by atoms with Gasteiger partial charge in [0, 0.05) is 39.3 Å². The number of urea groups is 1. The lowest BCUT2D eigenvalue weighted by Gasteiger charge is -2.35. The van der Waals surface area contributed by atoms with E-state index in [-0.39, 0.29) is 6.03 Å². The molecule has 21 heavy (non-hydrogen) atoms. The Kier molecular flexibility index (Phi) is 6.30. The summed E-state index contributed by atoms with van der Waals surface area (Å²) in [4.78, 5) is 19.2. The van der Waals surface area contributed by atoms with Gasteiger partial charge in [-0.1, -0.05) is 13.8 Å². The van der Waals surface area contributed by atoms with Crippen LogP contribution in [0.15, 0.2) is 0 Å². The van der Waals surface area contributed by atoms with Crippen molar-refractivity contribution in [1.82, 2.24) is 14.7 Å². The van der Waals surface area contributed by atoms with Crippen LogP contribution in [-0.2, 0) is 0 Å². The van der Waals surface area contributed by atoms with E-state index in [0.29, 0.717) is 11.8 Å². The van der Waals surface area contributed by atoms with Crippen molar-refractivity contribution in [2.24, 2.45) is 17.6 Å². The summed E-state index contributed by atoms with van der Waals surface area (Å²) >= 11 is 0. The molecule has 0 aromatic heterocycles. The van der Waals surface area contributed by atoms with E-state index >= 15 is 0 Å². The molecule has 0 bridgehead atoms. The fourth-order valence-electron chi connectivity index (χ4n) is 3.42. The summed E-state index contributed by atoms with van der Waals surface area (Å²) in [5.74, 6) is 1.19. The van der Waals surface area contributed by atoms with Gasteiger partial charge in [0.05, 0.1) is 0 Å². The second kappa shape index (κ2) is 7.99. The van der Waals surface area contributed by atoms with E-state index in [1.807, 2.05) is 0 Å². The lowest BCUT2D eigenvalue weighted by atomic mass is 10.0. The molecule has 2 fully saturated rings. The van der Waals surface area contributed by atoms with Gasteiger partial charge in [0.1, 0.15) is 0 Å². The van der Waals surface area contributed by atoms with Gasteiger partial charge in [-0.15, -0.1) is 0 Å². The van der Waals surface area contributed by atoms with Crippen LogP contribution in [-0.4, -0.2) is 73.1 Å². The number of likely N-dealkylation sites (tertiary alicyclic amines) is 1. The number of amides is 2. The third kappa shape index (κ3) is 4.85. The summed E-state index contributed by atoms with van der Waals surface area (Å²) in [5.41, 5.74) is 5.72. The highest BCUT2D eigenvalue weighted by atomic mass is 16.2. The maximum absolute atomic E-state index is 12.6. The van der Waals surface area contributed by atoms with Crippen molar-refractivity contribution in [2.45, 2.75) is 33.1 Å². The third-order valence-corrected chi connectivity index (χ3v) is 4.76. The summed E-state index contributed by atoms with van der Waals surface area (Å²) in [6.07, 6.45) is 3.49. The molecule has 2 rings (SSSR count). The Morgan fingerprint density at radius 2 is 1.90 bits per heavy atom. The predicted octanol–water partition coefficient (Wildman–Crippen LogP) is 1.44. The molecule has 2 amide bonds. The van der Waals surface area contributed by atoms with Crippen LogP contribution < -0.4 is 5.73 Å². The molecule has 5 nitrogen and oxygen atoms in total. The number of piperidine rings is 1. The normalized spacial score (nSPS) is 26.5. The van der Waals surface area contributed by atoms with E-state index in [0.717, 1.165) is 65.2 Å². The minimum atomic E-state index is 0.260. The number of carbonyl (C=O) groups excluding carboxylic acids is 1. The maximum Gasteiger partial charge on any atom is 0.320 e. The van der Waals surface area contributed by atoms with Crippen LogP contribution in [0, 0.1) is 11.8 Å². The molecule has 2 N–H and O–H groups in total. The van der Waals surface area contributed by atoms with Gasteiger partial charge in [0.25, 0.3) is 0 Å². The van der Waals surface area contributed by atoms with Crippen molar-refractivity contribution in [3.63, 3.8) is 0 Å². The number of rotatable bonds is 3. The predicted molar refractivity (Wildman–Crippen MR) is 86.2 cm³/mol. The van der Waals surface area contributed by atoms with Gasteiger partial charge < -0.3 is 20.4 Å². The topological polar surface area (TPSA) is 52.8 Å². The lowest BCUT2D eigenvalue weighted by molar-refractivity contribution is 0.132. The van der Waals surface area contributed by atoms with Gasteiger partial charge in [0.2, 0.25) is 0 Å². The van der Waals surface area contributed by atoms with Gasteiger partial charge in [-0.3, -0.25) is 0 Å². The number of nitrogens with zero attached hydrogens (tertiary/aromatic N) is 3. The molecule has 0 aliphatic carbocycles. The zero-order chi connectivity index (χ0) is 15.2. The minimum absolute atomic E-state index is 0.260. The van der Waals surface area contributed by atoms with E-state index in [1.165, 1.54) is 6.42 Å². The molecule has 2 aliphatic rings. The number of carbonyl (C=O) groups is 1. The van der Waals surface area contributed by atoms with Crippen LogP contribution in [0.3, 0.4) is 0 Å². The van der Waals surface area contributed by atoms with Gasteiger partial charge >= 0.3 is 6.03 Å². The van der Waals surface area contributed by atoms with Gasteiger partial charge in [-0.05, 0) is 44.2 Å². The van der Waals surface area contributed by atoms with E-state index < -0.39 is 0 Å². The summed E-state index contributed by atoms with van der Waals surface area (Å²) in [5, 5.41) is 0. The zero-order valence-electron chi connectivity index (χ0n) is 13.8. The highest BCUT2D eigenvalue weighted by Gasteiger charge is 2.26. The van der Waals surface area contributed by atoms with Crippen LogP contribution in [0.2, 0.25) is 0 Å². The SMILES string of the molecule is CC(CN)CN1CCCN(C(=O)N2CCCC(C)C2)CC1. The summed E-state index contributed by atoms with van der Waals surface area (Å²) in [6, 6.07) is 0.260. The van der Waals surface area contributed by atoms with E-state index in [2.05, 4.69) is 28.5 Å². The van der Waals surface area contributed by atoms with Crippen LogP contribution in [0.1, 0.15) is 33.1 Å². The van der Waals surface area contributed by atoms with Crippen LogP contribution >= 0.6 is 0 Å². The van der Waals surface area contributed by atoms with Gasteiger partial charge in [0.15, 0.2) is 0 Å². The lowest BCUT2D eigenvalue weighted by Crippen LogP contribution is -2.48. The summed E-state index contributed by atoms with van der Waals surface area (Å²) in [6.45, 7) is 11.9. The molecule has 0 aromatic carbocycles. The molecule has 0 saturated carbocycles. The Bertz CT molecular complexity index is 336. The Hall–Kier alpha value is -0.810. The molecule has 5 heteroatoms. The molecule has 0 radical (unpaired) electrons. The van der Waals surface area contributed by atoms with Crippen molar-refractivity contribution in [2.75, 3.05) is 52.4 Å². The Balaban J connectivity index is 1.83. The first kappa shape index (κ1) is 16.6. The third-order valence-electron chi connectivity index (χ3n) is 4.76. The average molecular weight is 296 g/mol. The highest BCUT2D eigenvalue weighted by molar-refractivity contribution is 5.74. The van der Waals surface area contributed by atoms with Crippen molar-refractivity contribution in [3.8, 4) is 0 Å². The molecule has 2 unspecified atom stereocenters. The van der Waals surface area contributed by atoms with Crippen molar-refractivity contribution < 1.29 is 4.79 Å². The zero-order valence-corrected chi connectivity index (χ0v) is 13.8. The van der Waals surface area contributed by atoms with Crippen molar-refractivity contribution in [3.05, 3.63) is 0 Å². The first-order valence-corrected chi connectivity index (χ1v) is 8.56. The number of hydrogen-bond donors (Lipinski definition) is 1. The Morgan fingerprint density at radius 3 is 2.62 bits per heavy atom. The van der Waals surface area contributed by atoms with Crippen LogP contribution in [0.25, 0.3) is 0 Å². The monoisotopic (exact) mass is 296 g/mol. The fourth-order valence-corrected chi connectivity index (χ4v) is 3.42. The maximum atomic E-state index is 12.6. The second-order valence-electron chi connectivity index (χ2n) is 6.96. The Morgan fingerprint density at radius 1 is 1.14 bits per heavy atom. The van der Waals surface area contributed by atoms with E-state index in [4.69, 9.17) is 5.73 Å². The van der Waals surface area contributed by atoms with Crippen molar-refractivity contribution >= 4 is 6.03 Å². The first-order valence-electron chi connectivity index (χ1n) is 8.56. The molecule has 0 aromatic rings. The number of nitrogens with two attached hydrogens (primary N) is 1. The van der Waals surface area contributed by atoms with Crippen molar-refractivity contribution in [1.29, 1.82) is 0 Å². The Labute approximate surface area is 129 Å². The molecule has 122 valence electrons. The van der Waals surface area contributed by atoms with E-state index in [1.54, 1.807) is 0 Å². The highest BCUT2D eigenvalue weighted by Crippen LogP contribution is 2.17. The molecular formula is C16H32N4O. The molecular weight excluding hydrogens is 264 g/mol. The largest absolute Gasteiger partial charge is 0.330 e. The summed E-state index contributed by atoms with van der Waals surface area (Å²) < 4.78 is 0. The van der Waals surface area contributed by atoms with Crippen LogP contribution in [0.5, 0.6) is 0 Å². The summed E-state index contributed by atoms with van der Waals surface area (Å²) in [7, 11) is 0. The number of hydrogen-bond acceptors (Lipinski definition) is 3.